The third-order valence-electron chi connectivity index (χ3n) is 3.32. The van der Waals surface area contributed by atoms with Crippen LogP contribution in [0.2, 0.25) is 0 Å². The van der Waals surface area contributed by atoms with Crippen LogP contribution in [-0.2, 0) is 16.0 Å². The zero-order valence-corrected chi connectivity index (χ0v) is 12.4. The molecule has 2 aromatic rings. The van der Waals surface area contributed by atoms with E-state index < -0.39 is 26.8 Å². The van der Waals surface area contributed by atoms with Crippen LogP contribution >= 0.6 is 0 Å². The number of alkyl halides is 3. The smallest absolute Gasteiger partial charge is 0.356 e. The minimum Gasteiger partial charge on any atom is -0.356 e. The molecule has 0 aromatic heterocycles. The summed E-state index contributed by atoms with van der Waals surface area (Å²) in [6.07, 6.45) is -4.45. The second kappa shape index (κ2) is 6.10. The Morgan fingerprint density at radius 3 is 1.95 bits per heavy atom. The second-order valence-electron chi connectivity index (χ2n) is 4.76. The van der Waals surface area contributed by atoms with Crippen LogP contribution in [0, 0.1) is 0 Å². The number of halogens is 3. The van der Waals surface area contributed by atoms with E-state index in [2.05, 4.69) is 5.73 Å². The van der Waals surface area contributed by atoms with Crippen LogP contribution in [0.15, 0.2) is 59.5 Å². The van der Waals surface area contributed by atoms with E-state index in [4.69, 9.17) is 0 Å². The van der Waals surface area contributed by atoms with Gasteiger partial charge in [0.1, 0.15) is 5.25 Å². The highest BCUT2D eigenvalue weighted by Crippen LogP contribution is 2.32. The summed E-state index contributed by atoms with van der Waals surface area (Å²) in [4.78, 5) is 0.128. The maximum atomic E-state index is 12.6. The van der Waals surface area contributed by atoms with Crippen LogP contribution in [0.25, 0.3) is 0 Å². The number of hydrogen-bond acceptors (Lipinski definition) is 2. The fourth-order valence-electron chi connectivity index (χ4n) is 2.16. The Morgan fingerprint density at radius 1 is 0.955 bits per heavy atom. The van der Waals surface area contributed by atoms with Crippen molar-refractivity contribution in [2.45, 2.75) is 16.3 Å². The molecule has 0 fully saturated rings. The first kappa shape index (κ1) is 16.5. The van der Waals surface area contributed by atoms with Gasteiger partial charge in [0.05, 0.1) is 17.0 Å². The molecule has 0 bridgehead atoms. The molecule has 7 heteroatoms. The van der Waals surface area contributed by atoms with Gasteiger partial charge in [-0.25, -0.2) is 8.42 Å². The fourth-order valence-corrected chi connectivity index (χ4v) is 3.85. The average Bonchev–Trinajstić information content (AvgIpc) is 2.48. The van der Waals surface area contributed by atoms with Crippen LogP contribution < -0.4 is 5.73 Å². The summed E-state index contributed by atoms with van der Waals surface area (Å²) in [6, 6.07) is 12.0. The van der Waals surface area contributed by atoms with Gasteiger partial charge in [-0.2, -0.15) is 13.2 Å². The number of sulfone groups is 1. The highest BCUT2D eigenvalue weighted by Gasteiger charge is 2.33. The normalized spacial score (nSPS) is 13.8. The molecule has 3 nitrogen and oxygen atoms in total. The van der Waals surface area contributed by atoms with Gasteiger partial charge in [-0.15, -0.1) is 0 Å². The van der Waals surface area contributed by atoms with Crippen molar-refractivity contribution in [3.05, 3.63) is 65.7 Å². The number of hydrogen-bond donors (Lipinski definition) is 1. The molecule has 0 aliphatic carbocycles. The molecule has 0 amide bonds. The zero-order chi connectivity index (χ0) is 16.4. The van der Waals surface area contributed by atoms with E-state index in [0.717, 1.165) is 12.1 Å². The van der Waals surface area contributed by atoms with E-state index in [-0.39, 0.29) is 11.4 Å². The Hall–Kier alpha value is -1.86. The zero-order valence-electron chi connectivity index (χ0n) is 11.5. The van der Waals surface area contributed by atoms with Crippen LogP contribution in [0.5, 0.6) is 0 Å². The molecule has 0 saturated heterocycles. The molecule has 0 unspecified atom stereocenters. The van der Waals surface area contributed by atoms with Crippen molar-refractivity contribution in [2.75, 3.05) is 6.54 Å². The van der Waals surface area contributed by atoms with Crippen molar-refractivity contribution in [1.29, 1.82) is 0 Å². The van der Waals surface area contributed by atoms with Crippen molar-refractivity contribution in [3.8, 4) is 0 Å². The molecule has 3 N–H and O–H groups in total. The monoisotopic (exact) mass is 330 g/mol. The Labute approximate surface area is 126 Å². The topological polar surface area (TPSA) is 61.8 Å². The molecule has 0 saturated carbocycles. The van der Waals surface area contributed by atoms with Crippen LogP contribution in [0.1, 0.15) is 16.4 Å². The van der Waals surface area contributed by atoms with E-state index in [1.54, 1.807) is 18.2 Å². The van der Waals surface area contributed by atoms with Gasteiger partial charge in [-0.1, -0.05) is 30.3 Å². The van der Waals surface area contributed by atoms with Crippen molar-refractivity contribution in [3.63, 3.8) is 0 Å². The largest absolute Gasteiger partial charge is 0.416 e. The molecule has 0 spiro atoms. The first-order valence-electron chi connectivity index (χ1n) is 6.52. The molecular weight excluding hydrogens is 315 g/mol. The number of rotatable bonds is 4. The van der Waals surface area contributed by atoms with Gasteiger partial charge >= 0.3 is 6.18 Å². The molecule has 0 radical (unpaired) electrons. The van der Waals surface area contributed by atoms with Crippen LogP contribution in [-0.4, -0.2) is 15.0 Å². The van der Waals surface area contributed by atoms with Gasteiger partial charge in [0.25, 0.3) is 0 Å². The molecule has 0 aliphatic heterocycles. The summed E-state index contributed by atoms with van der Waals surface area (Å²) in [7, 11) is -3.70. The molecule has 22 heavy (non-hydrogen) atoms. The lowest BCUT2D eigenvalue weighted by Gasteiger charge is -2.15. The summed E-state index contributed by atoms with van der Waals surface area (Å²) in [6.45, 7) is 0.0303. The van der Waals surface area contributed by atoms with Crippen LogP contribution in [0.4, 0.5) is 13.2 Å². The molecule has 2 rings (SSSR count). The first-order valence-corrected chi connectivity index (χ1v) is 8.07. The Kier molecular flexibility index (Phi) is 4.58. The highest BCUT2D eigenvalue weighted by atomic mass is 32.2. The minimum absolute atomic E-state index is 0.0303. The van der Waals surface area contributed by atoms with Crippen molar-refractivity contribution < 1.29 is 27.3 Å². The summed E-state index contributed by atoms with van der Waals surface area (Å²) < 4.78 is 62.9. The van der Waals surface area contributed by atoms with Crippen LogP contribution in [0.3, 0.4) is 0 Å². The molecule has 118 valence electrons. The van der Waals surface area contributed by atoms with E-state index in [1.807, 2.05) is 0 Å². The standard InChI is InChI=1S/C15H14F3NO2S/c16-15(17,18)12-8-6-11(7-9-12)14(10-19)22(20,21)13-4-2-1-3-5-13/h1-9,14H,10,19H2/p+1/t14-/m1/s1. The quantitative estimate of drug-likeness (QED) is 0.936. The number of quaternary nitrogens is 1. The SMILES string of the molecule is [NH3+]C[C@H](c1ccc(C(F)(F)F)cc1)S(=O)(=O)c1ccccc1. The van der Waals surface area contributed by atoms with Crippen molar-refractivity contribution in [1.82, 2.24) is 0 Å². The highest BCUT2D eigenvalue weighted by molar-refractivity contribution is 7.91. The lowest BCUT2D eigenvalue weighted by atomic mass is 10.1. The predicted molar refractivity (Wildman–Crippen MR) is 75.6 cm³/mol. The molecule has 0 aliphatic rings. The Balaban J connectivity index is 2.41. The molecular formula is C15H15F3NO2S+. The van der Waals surface area contributed by atoms with Gasteiger partial charge in [-0.3, -0.25) is 0 Å². The van der Waals surface area contributed by atoms with Gasteiger partial charge < -0.3 is 5.73 Å². The Morgan fingerprint density at radius 2 is 1.50 bits per heavy atom. The molecule has 0 heterocycles. The predicted octanol–water partition coefficient (Wildman–Crippen LogP) is 2.46. The van der Waals surface area contributed by atoms with Crippen molar-refractivity contribution >= 4 is 9.84 Å². The molecule has 2 aromatic carbocycles. The third-order valence-corrected chi connectivity index (χ3v) is 5.50. The third kappa shape index (κ3) is 3.31. The van der Waals surface area contributed by atoms with Gasteiger partial charge in [0.15, 0.2) is 9.84 Å². The van der Waals surface area contributed by atoms with Crippen molar-refractivity contribution in [2.24, 2.45) is 0 Å². The van der Waals surface area contributed by atoms with Gasteiger partial charge in [0, 0.05) is 0 Å². The van der Waals surface area contributed by atoms with E-state index in [9.17, 15) is 21.6 Å². The lowest BCUT2D eigenvalue weighted by molar-refractivity contribution is -0.367. The summed E-state index contributed by atoms with van der Waals surface area (Å²) in [5.74, 6) is 0. The van der Waals surface area contributed by atoms with E-state index >= 15 is 0 Å². The van der Waals surface area contributed by atoms with E-state index in [1.165, 1.54) is 24.3 Å². The summed E-state index contributed by atoms with van der Waals surface area (Å²) >= 11 is 0. The fraction of sp³-hybridized carbons (Fsp3) is 0.200. The average molecular weight is 330 g/mol. The molecule has 1 atom stereocenters. The number of benzene rings is 2. The Bertz CT molecular complexity index is 726. The van der Waals surface area contributed by atoms with Gasteiger partial charge in [0.2, 0.25) is 0 Å². The summed E-state index contributed by atoms with van der Waals surface area (Å²) in [5.41, 5.74) is 3.11. The second-order valence-corrected chi connectivity index (χ2v) is 6.89. The lowest BCUT2D eigenvalue weighted by Crippen LogP contribution is -2.54. The van der Waals surface area contributed by atoms with E-state index in [0.29, 0.717) is 5.56 Å². The summed E-state index contributed by atoms with van der Waals surface area (Å²) in [5, 5.41) is -0.975. The van der Waals surface area contributed by atoms with Gasteiger partial charge in [-0.05, 0) is 29.8 Å². The maximum Gasteiger partial charge on any atom is 0.416 e. The minimum atomic E-state index is -4.45. The maximum absolute atomic E-state index is 12.6. The first-order chi connectivity index (χ1) is 10.3.